The van der Waals surface area contributed by atoms with Crippen LogP contribution < -0.4 is 4.74 Å². The van der Waals surface area contributed by atoms with Gasteiger partial charge in [0.15, 0.2) is 5.78 Å². The number of aryl methyl sites for hydroxylation is 1. The summed E-state index contributed by atoms with van der Waals surface area (Å²) in [6.45, 7) is 8.69. The quantitative estimate of drug-likeness (QED) is 0.0863. The number of aromatic nitrogens is 1. The van der Waals surface area contributed by atoms with E-state index in [2.05, 4.69) is 47.8 Å². The highest BCUT2D eigenvalue weighted by Crippen LogP contribution is 2.44. The summed E-state index contributed by atoms with van der Waals surface area (Å²) in [6.07, 6.45) is 4.75. The average molecular weight is 601 g/mol. The Kier molecular flexibility index (Phi) is 8.83. The molecular weight excluding hydrogens is 560 g/mol. The highest BCUT2D eigenvalue weighted by Gasteiger charge is 2.35. The van der Waals surface area contributed by atoms with Crippen LogP contribution in [0, 0.1) is 12.8 Å². The second-order valence-corrected chi connectivity index (χ2v) is 12.1. The minimum Gasteiger partial charge on any atom is -0.482 e. The minimum atomic E-state index is -0.482. The molecule has 1 aliphatic rings. The summed E-state index contributed by atoms with van der Waals surface area (Å²) >= 11 is 0. The first-order valence-electron chi connectivity index (χ1n) is 16.0. The van der Waals surface area contributed by atoms with Crippen LogP contribution in [0.3, 0.4) is 0 Å². The van der Waals surface area contributed by atoms with Crippen molar-refractivity contribution in [1.29, 1.82) is 0 Å². The molecular formula is C39H40N2O4. The fraction of sp³-hybridized carbons (Fsp3) is 0.308. The van der Waals surface area contributed by atoms with Crippen LogP contribution in [-0.4, -0.2) is 28.1 Å². The van der Waals surface area contributed by atoms with Gasteiger partial charge >= 0.3 is 5.97 Å². The third kappa shape index (κ3) is 6.02. The predicted octanol–water partition coefficient (Wildman–Crippen LogP) is 8.82. The van der Waals surface area contributed by atoms with E-state index in [-0.39, 0.29) is 5.78 Å². The molecule has 230 valence electrons. The van der Waals surface area contributed by atoms with Gasteiger partial charge in [-0.1, -0.05) is 92.9 Å². The molecule has 1 aliphatic heterocycles. The van der Waals surface area contributed by atoms with Gasteiger partial charge in [-0.25, -0.2) is 4.79 Å². The van der Waals surface area contributed by atoms with Gasteiger partial charge in [0.1, 0.15) is 17.6 Å². The summed E-state index contributed by atoms with van der Waals surface area (Å²) in [5.74, 6) is 0.755. The summed E-state index contributed by atoms with van der Waals surface area (Å²) in [7, 11) is 0. The van der Waals surface area contributed by atoms with Crippen molar-refractivity contribution in [2.45, 2.75) is 72.4 Å². The van der Waals surface area contributed by atoms with Gasteiger partial charge < -0.3 is 14.1 Å². The molecule has 0 radical (unpaired) electrons. The molecule has 0 bridgehead atoms. The highest BCUT2D eigenvalue weighted by molar-refractivity contribution is 6.20. The SMILES string of the molecule is CCCCC(CC)Cn1c2ccc(C(=O)c3ccccc3C)cc2c2c3c(ccc21)/C(=N/OC(C)=O)C(Cc1ccccc1)O3. The van der Waals surface area contributed by atoms with Crippen LogP contribution in [0.4, 0.5) is 0 Å². The Balaban J connectivity index is 1.54. The van der Waals surface area contributed by atoms with Crippen molar-refractivity contribution in [2.24, 2.45) is 11.1 Å². The zero-order valence-corrected chi connectivity index (χ0v) is 26.5. The zero-order chi connectivity index (χ0) is 31.5. The van der Waals surface area contributed by atoms with E-state index in [0.717, 1.165) is 57.9 Å². The number of carbonyl (C=O) groups is 2. The molecule has 0 saturated carbocycles. The number of ketones is 1. The molecule has 0 spiro atoms. The molecule has 1 aromatic heterocycles. The second kappa shape index (κ2) is 13.1. The van der Waals surface area contributed by atoms with Gasteiger partial charge in [0, 0.05) is 47.5 Å². The second-order valence-electron chi connectivity index (χ2n) is 12.1. The summed E-state index contributed by atoms with van der Waals surface area (Å²) in [5, 5.41) is 6.24. The highest BCUT2D eigenvalue weighted by atomic mass is 16.7. The number of benzene rings is 4. The summed E-state index contributed by atoms with van der Waals surface area (Å²) in [4.78, 5) is 30.8. The molecule has 2 heterocycles. The van der Waals surface area contributed by atoms with Crippen molar-refractivity contribution in [1.82, 2.24) is 4.57 Å². The molecule has 4 aromatic carbocycles. The number of hydrogen-bond donors (Lipinski definition) is 0. The maximum absolute atomic E-state index is 13.8. The Hall–Kier alpha value is -4.71. The number of rotatable bonds is 11. The molecule has 5 aromatic rings. The van der Waals surface area contributed by atoms with Crippen LogP contribution in [-0.2, 0) is 22.6 Å². The van der Waals surface area contributed by atoms with Crippen molar-refractivity contribution in [3.8, 4) is 5.75 Å². The minimum absolute atomic E-state index is 0.00200. The van der Waals surface area contributed by atoms with Gasteiger partial charge in [-0.3, -0.25) is 4.79 Å². The average Bonchev–Trinajstić information content (AvgIpc) is 3.56. The number of nitrogens with zero attached hydrogens (tertiary/aromatic N) is 2. The topological polar surface area (TPSA) is 69.9 Å². The molecule has 6 rings (SSSR count). The van der Waals surface area contributed by atoms with E-state index in [4.69, 9.17) is 9.57 Å². The van der Waals surface area contributed by atoms with E-state index < -0.39 is 12.1 Å². The smallest absolute Gasteiger partial charge is 0.331 e. The van der Waals surface area contributed by atoms with Crippen molar-refractivity contribution >= 4 is 39.3 Å². The van der Waals surface area contributed by atoms with Crippen LogP contribution in [0.1, 0.15) is 79.1 Å². The maximum Gasteiger partial charge on any atom is 0.331 e. The molecule has 0 amide bonds. The predicted molar refractivity (Wildman–Crippen MR) is 180 cm³/mol. The number of carbonyl (C=O) groups excluding carboxylic acids is 2. The largest absolute Gasteiger partial charge is 0.482 e. The van der Waals surface area contributed by atoms with Crippen LogP contribution in [0.15, 0.2) is 90.1 Å². The lowest BCUT2D eigenvalue weighted by Crippen LogP contribution is -2.24. The van der Waals surface area contributed by atoms with E-state index in [0.29, 0.717) is 34.9 Å². The lowest BCUT2D eigenvalue weighted by Gasteiger charge is -2.17. The molecule has 0 fully saturated rings. The normalized spacial score (nSPS) is 15.7. The van der Waals surface area contributed by atoms with Crippen molar-refractivity contribution in [2.75, 3.05) is 0 Å². The zero-order valence-electron chi connectivity index (χ0n) is 26.5. The molecule has 0 saturated heterocycles. The molecule has 6 heteroatoms. The Morgan fingerprint density at radius 2 is 1.71 bits per heavy atom. The van der Waals surface area contributed by atoms with Crippen molar-refractivity contribution in [3.05, 3.63) is 113 Å². The van der Waals surface area contributed by atoms with Gasteiger partial charge in [0.2, 0.25) is 0 Å². The van der Waals surface area contributed by atoms with Crippen molar-refractivity contribution in [3.63, 3.8) is 0 Å². The Labute approximate surface area is 264 Å². The third-order valence-corrected chi connectivity index (χ3v) is 9.00. The van der Waals surface area contributed by atoms with Gasteiger partial charge in [-0.15, -0.1) is 0 Å². The molecule has 0 N–H and O–H groups in total. The van der Waals surface area contributed by atoms with Gasteiger partial charge in [-0.2, -0.15) is 0 Å². The lowest BCUT2D eigenvalue weighted by molar-refractivity contribution is -0.140. The molecule has 2 atom stereocenters. The Morgan fingerprint density at radius 1 is 0.956 bits per heavy atom. The number of unbranched alkanes of at least 4 members (excludes halogenated alkanes) is 1. The summed E-state index contributed by atoms with van der Waals surface area (Å²) in [5.41, 5.74) is 6.91. The Morgan fingerprint density at radius 3 is 2.44 bits per heavy atom. The first-order chi connectivity index (χ1) is 21.9. The Bertz CT molecular complexity index is 1900. The number of hydrogen-bond acceptors (Lipinski definition) is 5. The van der Waals surface area contributed by atoms with Gasteiger partial charge in [0.25, 0.3) is 0 Å². The summed E-state index contributed by atoms with van der Waals surface area (Å²) in [6, 6.07) is 28.0. The first-order valence-corrected chi connectivity index (χ1v) is 16.0. The molecule has 0 aliphatic carbocycles. The van der Waals surface area contributed by atoms with Crippen LogP contribution in [0.5, 0.6) is 5.75 Å². The van der Waals surface area contributed by atoms with E-state index in [1.807, 2.05) is 67.6 Å². The third-order valence-electron chi connectivity index (χ3n) is 9.00. The number of fused-ring (bicyclic) bond motifs is 5. The molecule has 6 nitrogen and oxygen atoms in total. The van der Waals surface area contributed by atoms with Crippen LogP contribution in [0.2, 0.25) is 0 Å². The number of oxime groups is 1. The van der Waals surface area contributed by atoms with Crippen molar-refractivity contribution < 1.29 is 19.2 Å². The van der Waals surface area contributed by atoms with E-state index in [1.54, 1.807) is 0 Å². The monoisotopic (exact) mass is 600 g/mol. The van der Waals surface area contributed by atoms with Gasteiger partial charge in [-0.05, 0) is 60.7 Å². The van der Waals surface area contributed by atoms with E-state index in [1.165, 1.54) is 19.8 Å². The molecule has 45 heavy (non-hydrogen) atoms. The van der Waals surface area contributed by atoms with Crippen LogP contribution in [0.25, 0.3) is 21.8 Å². The van der Waals surface area contributed by atoms with E-state index in [9.17, 15) is 9.59 Å². The number of ether oxygens (including phenoxy) is 1. The molecule has 2 unspecified atom stereocenters. The maximum atomic E-state index is 13.8. The standard InChI is InChI=1S/C39H40N2O4/c1-5-7-14-27(6-2)24-41-33-20-18-29(38(43)30-17-12-11-13-25(30)3)23-32(33)36-34(41)21-19-31-37(40-45-26(4)42)35(44-39(31)36)22-28-15-9-8-10-16-28/h8-13,15-21,23,27,35H,5-7,14,22,24H2,1-4H3/b40-37-. The first kappa shape index (κ1) is 30.3. The van der Waals surface area contributed by atoms with Crippen LogP contribution >= 0.6 is 0 Å². The van der Waals surface area contributed by atoms with Gasteiger partial charge in [0.05, 0.1) is 10.9 Å². The van der Waals surface area contributed by atoms with E-state index >= 15 is 0 Å². The lowest BCUT2D eigenvalue weighted by atomic mass is 9.97. The summed E-state index contributed by atoms with van der Waals surface area (Å²) < 4.78 is 9.17. The fourth-order valence-corrected chi connectivity index (χ4v) is 6.54. The fourth-order valence-electron chi connectivity index (χ4n) is 6.54.